The van der Waals surface area contributed by atoms with E-state index in [2.05, 4.69) is 32.4 Å². The third-order valence-electron chi connectivity index (χ3n) is 6.28. The number of hydrogen-bond donors (Lipinski definition) is 3. The molecule has 0 radical (unpaired) electrons. The second kappa shape index (κ2) is 8.91. The van der Waals surface area contributed by atoms with Gasteiger partial charge in [0, 0.05) is 24.7 Å². The second-order valence-electron chi connectivity index (χ2n) is 8.21. The number of carbonyl (C=O) groups is 2. The van der Waals surface area contributed by atoms with Crippen molar-refractivity contribution in [2.75, 3.05) is 22.1 Å². The number of nitrogens with zero attached hydrogens (tertiary/aromatic N) is 2. The molecule has 0 bridgehead atoms. The third kappa shape index (κ3) is 4.19. The molecule has 1 aromatic heterocycles. The van der Waals surface area contributed by atoms with Crippen LogP contribution in [0.2, 0.25) is 0 Å². The summed E-state index contributed by atoms with van der Waals surface area (Å²) < 4.78 is 0. The van der Waals surface area contributed by atoms with Gasteiger partial charge >= 0.3 is 0 Å². The van der Waals surface area contributed by atoms with Crippen molar-refractivity contribution in [2.45, 2.75) is 64.3 Å². The van der Waals surface area contributed by atoms with Gasteiger partial charge in [-0.1, -0.05) is 32.0 Å². The lowest BCUT2D eigenvalue weighted by Gasteiger charge is -2.36. The Bertz CT molecular complexity index is 1050. The highest BCUT2D eigenvalue weighted by atomic mass is 16.2. The number of aromatic amines is 1. The summed E-state index contributed by atoms with van der Waals surface area (Å²) >= 11 is 0. The predicted molar refractivity (Wildman–Crippen MR) is 121 cm³/mol. The largest absolute Gasteiger partial charge is 0.339 e. The molecular weight excluding hydrogens is 394 g/mol. The number of benzene rings is 1. The average Bonchev–Trinajstić information content (AvgIpc) is 2.78. The van der Waals surface area contributed by atoms with Crippen LogP contribution in [0, 0.1) is 0 Å². The molecule has 1 saturated heterocycles. The number of aryl methyl sites for hydroxylation is 1. The van der Waals surface area contributed by atoms with Crippen molar-refractivity contribution in [3.05, 3.63) is 45.7 Å². The van der Waals surface area contributed by atoms with Gasteiger partial charge in [0.1, 0.15) is 5.82 Å². The Labute approximate surface area is 181 Å². The van der Waals surface area contributed by atoms with Crippen LogP contribution in [0.4, 0.5) is 17.5 Å². The molecule has 2 aromatic rings. The van der Waals surface area contributed by atoms with Crippen molar-refractivity contribution in [1.29, 1.82) is 0 Å². The van der Waals surface area contributed by atoms with Crippen LogP contribution in [-0.4, -0.2) is 34.4 Å². The lowest BCUT2D eigenvalue weighted by molar-refractivity contribution is -0.123. The first kappa shape index (κ1) is 21.1. The van der Waals surface area contributed by atoms with Gasteiger partial charge in [-0.15, -0.1) is 0 Å². The van der Waals surface area contributed by atoms with Crippen molar-refractivity contribution < 1.29 is 9.59 Å². The fourth-order valence-electron chi connectivity index (χ4n) is 4.59. The van der Waals surface area contributed by atoms with Crippen molar-refractivity contribution in [3.8, 4) is 0 Å². The third-order valence-corrected chi connectivity index (χ3v) is 6.28. The maximum absolute atomic E-state index is 13.1. The Kier molecular flexibility index (Phi) is 6.06. The summed E-state index contributed by atoms with van der Waals surface area (Å²) in [6.45, 7) is 4.94. The van der Waals surface area contributed by atoms with E-state index in [0.29, 0.717) is 17.7 Å². The van der Waals surface area contributed by atoms with E-state index in [-0.39, 0.29) is 35.2 Å². The van der Waals surface area contributed by atoms with Crippen LogP contribution in [0.25, 0.3) is 0 Å². The summed E-state index contributed by atoms with van der Waals surface area (Å²) in [5.74, 6) is -0.915. The average molecular weight is 424 g/mol. The Morgan fingerprint density at radius 1 is 1.23 bits per heavy atom. The standard InChI is InChI=1S/C23H29N5O3/c1-3-14-9-5-6-11-17(14)24-21(30)16-13-18(29)25-20-19(16)22(31)27-23(26-20)28-12-8-7-10-15(28)4-2/h5-6,9,11,15-16H,3-4,7-8,10,12-13H2,1-2H3,(H,24,30)(H2,25,26,27,29,31)/t15-,16+/m0/s1. The van der Waals surface area contributed by atoms with Gasteiger partial charge in [-0.25, -0.2) is 0 Å². The van der Waals surface area contributed by atoms with Gasteiger partial charge in [0.15, 0.2) is 0 Å². The molecule has 1 aromatic carbocycles. The number of hydrogen-bond acceptors (Lipinski definition) is 5. The molecule has 2 atom stereocenters. The molecule has 3 heterocycles. The van der Waals surface area contributed by atoms with Gasteiger partial charge in [0.2, 0.25) is 17.8 Å². The quantitative estimate of drug-likeness (QED) is 0.685. The minimum atomic E-state index is -0.887. The van der Waals surface area contributed by atoms with E-state index >= 15 is 0 Å². The first-order valence-corrected chi connectivity index (χ1v) is 11.1. The lowest BCUT2D eigenvalue weighted by Crippen LogP contribution is -2.43. The molecule has 0 saturated carbocycles. The molecule has 1 fully saturated rings. The number of aromatic nitrogens is 2. The maximum Gasteiger partial charge on any atom is 0.258 e. The molecule has 8 heteroatoms. The van der Waals surface area contributed by atoms with Gasteiger partial charge in [0.05, 0.1) is 11.5 Å². The zero-order valence-corrected chi connectivity index (χ0v) is 18.0. The number of anilines is 3. The zero-order chi connectivity index (χ0) is 22.0. The molecule has 0 unspecified atom stereocenters. The maximum atomic E-state index is 13.1. The van der Waals surface area contributed by atoms with Crippen LogP contribution < -0.4 is 21.1 Å². The van der Waals surface area contributed by atoms with Crippen LogP contribution in [0.5, 0.6) is 0 Å². The number of amides is 2. The molecule has 8 nitrogen and oxygen atoms in total. The fraction of sp³-hybridized carbons (Fsp3) is 0.478. The van der Waals surface area contributed by atoms with Crippen LogP contribution in [0.15, 0.2) is 29.1 Å². The molecule has 3 N–H and O–H groups in total. The van der Waals surface area contributed by atoms with Crippen LogP contribution >= 0.6 is 0 Å². The summed E-state index contributed by atoms with van der Waals surface area (Å²) in [6, 6.07) is 7.84. The van der Waals surface area contributed by atoms with Crippen LogP contribution in [-0.2, 0) is 16.0 Å². The van der Waals surface area contributed by atoms with Gasteiger partial charge in [-0.05, 0) is 43.7 Å². The van der Waals surface area contributed by atoms with E-state index in [1.54, 1.807) is 0 Å². The minimum Gasteiger partial charge on any atom is -0.339 e. The van der Waals surface area contributed by atoms with Crippen molar-refractivity contribution in [3.63, 3.8) is 0 Å². The number of rotatable bonds is 5. The second-order valence-corrected chi connectivity index (χ2v) is 8.21. The predicted octanol–water partition coefficient (Wildman–Crippen LogP) is 3.17. The Morgan fingerprint density at radius 2 is 2.03 bits per heavy atom. The lowest BCUT2D eigenvalue weighted by atomic mass is 9.92. The molecular formula is C23H29N5O3. The molecule has 2 amide bonds. The fourth-order valence-corrected chi connectivity index (χ4v) is 4.59. The van der Waals surface area contributed by atoms with Gasteiger partial charge in [-0.3, -0.25) is 19.4 Å². The number of carbonyl (C=O) groups excluding carboxylic acids is 2. The van der Waals surface area contributed by atoms with E-state index in [1.165, 1.54) is 0 Å². The SMILES string of the molecule is CCc1ccccc1NC(=O)[C@@H]1CC(=O)Nc2nc(N3CCCC[C@@H]3CC)[nH]c(=O)c21. The Morgan fingerprint density at radius 3 is 2.81 bits per heavy atom. The first-order chi connectivity index (χ1) is 15.0. The summed E-state index contributed by atoms with van der Waals surface area (Å²) in [4.78, 5) is 48.1. The topological polar surface area (TPSA) is 107 Å². The van der Waals surface area contributed by atoms with Gasteiger partial charge in [-0.2, -0.15) is 4.98 Å². The molecule has 0 spiro atoms. The first-order valence-electron chi connectivity index (χ1n) is 11.1. The highest BCUT2D eigenvalue weighted by Gasteiger charge is 2.36. The van der Waals surface area contributed by atoms with E-state index in [9.17, 15) is 14.4 Å². The smallest absolute Gasteiger partial charge is 0.258 e. The molecule has 2 aliphatic heterocycles. The van der Waals surface area contributed by atoms with Crippen LogP contribution in [0.1, 0.15) is 63.0 Å². The van der Waals surface area contributed by atoms with E-state index < -0.39 is 5.92 Å². The zero-order valence-electron chi connectivity index (χ0n) is 18.0. The van der Waals surface area contributed by atoms with Crippen LogP contribution in [0.3, 0.4) is 0 Å². The summed E-state index contributed by atoms with van der Waals surface area (Å²) in [5.41, 5.74) is 1.54. The van der Waals surface area contributed by atoms with Crippen molar-refractivity contribution in [2.24, 2.45) is 0 Å². The summed E-state index contributed by atoms with van der Waals surface area (Å²) in [7, 11) is 0. The minimum absolute atomic E-state index is 0.0848. The Balaban J connectivity index is 1.67. The highest BCUT2D eigenvalue weighted by Crippen LogP contribution is 2.32. The number of H-pyrrole nitrogens is 1. The number of para-hydroxylation sites is 1. The van der Waals surface area contributed by atoms with E-state index in [1.807, 2.05) is 31.2 Å². The monoisotopic (exact) mass is 423 g/mol. The molecule has 31 heavy (non-hydrogen) atoms. The number of fused-ring (bicyclic) bond motifs is 1. The van der Waals surface area contributed by atoms with Crippen molar-refractivity contribution in [1.82, 2.24) is 9.97 Å². The highest BCUT2D eigenvalue weighted by molar-refractivity contribution is 6.04. The Hall–Kier alpha value is -3.16. The summed E-state index contributed by atoms with van der Waals surface area (Å²) in [5, 5.41) is 5.61. The number of nitrogens with one attached hydrogen (secondary N) is 3. The molecule has 0 aliphatic carbocycles. The molecule has 4 rings (SSSR count). The van der Waals surface area contributed by atoms with E-state index in [0.717, 1.165) is 44.2 Å². The van der Waals surface area contributed by atoms with Gasteiger partial charge in [0.25, 0.3) is 5.56 Å². The van der Waals surface area contributed by atoms with Gasteiger partial charge < -0.3 is 15.5 Å². The molecule has 164 valence electrons. The molecule has 2 aliphatic rings. The van der Waals surface area contributed by atoms with E-state index in [4.69, 9.17) is 0 Å². The van der Waals surface area contributed by atoms with Crippen molar-refractivity contribution >= 4 is 29.3 Å². The normalized spacial score (nSPS) is 20.7. The summed E-state index contributed by atoms with van der Waals surface area (Å²) in [6.07, 6.45) is 4.87. The number of piperidine rings is 1.